The van der Waals surface area contributed by atoms with Crippen molar-refractivity contribution in [3.63, 3.8) is 0 Å². The van der Waals surface area contributed by atoms with E-state index < -0.39 is 22.0 Å². The van der Waals surface area contributed by atoms with Crippen LogP contribution in [0.2, 0.25) is 0 Å². The van der Waals surface area contributed by atoms with Gasteiger partial charge in [0.2, 0.25) is 0 Å². The zero-order valence-corrected chi connectivity index (χ0v) is 10.8. The first-order valence-electron chi connectivity index (χ1n) is 5.42. The highest BCUT2D eigenvalue weighted by Crippen LogP contribution is 2.15. The first-order chi connectivity index (χ1) is 8.36. The Morgan fingerprint density at radius 2 is 1.94 bits per heavy atom. The van der Waals surface area contributed by atoms with E-state index >= 15 is 0 Å². The van der Waals surface area contributed by atoms with Crippen LogP contribution in [0.5, 0.6) is 0 Å². The second-order valence-corrected chi connectivity index (χ2v) is 6.04. The first kappa shape index (κ1) is 14.5. The molecule has 0 fully saturated rings. The summed E-state index contributed by atoms with van der Waals surface area (Å²) < 4.78 is 23.2. The van der Waals surface area contributed by atoms with Crippen molar-refractivity contribution < 1.29 is 18.3 Å². The highest BCUT2D eigenvalue weighted by Gasteiger charge is 2.12. The van der Waals surface area contributed by atoms with Crippen molar-refractivity contribution in [2.24, 2.45) is 5.73 Å². The lowest BCUT2D eigenvalue weighted by molar-refractivity contribution is 0.193. The monoisotopic (exact) mass is 272 g/mol. The summed E-state index contributed by atoms with van der Waals surface area (Å²) >= 11 is 0. The van der Waals surface area contributed by atoms with Crippen LogP contribution in [0.4, 0.5) is 4.79 Å². The fraction of sp³-hybridized carbons (Fsp3) is 0.364. The third-order valence-corrected chi connectivity index (χ3v) is 4.27. The number of amides is 1. The summed E-state index contributed by atoms with van der Waals surface area (Å²) in [4.78, 5) is 10.6. The Labute approximate surface area is 106 Å². The first-order valence-corrected chi connectivity index (χ1v) is 7.07. The summed E-state index contributed by atoms with van der Waals surface area (Å²) in [7, 11) is -3.22. The minimum atomic E-state index is -3.22. The lowest BCUT2D eigenvalue weighted by Gasteiger charge is -2.12. The molecule has 18 heavy (non-hydrogen) atoms. The van der Waals surface area contributed by atoms with Gasteiger partial charge in [0, 0.05) is 12.6 Å². The van der Waals surface area contributed by atoms with E-state index in [1.807, 2.05) is 0 Å². The van der Waals surface area contributed by atoms with Crippen molar-refractivity contribution in [2.45, 2.75) is 17.9 Å². The average Bonchev–Trinajstić information content (AvgIpc) is 2.36. The molecule has 0 spiro atoms. The molecule has 0 radical (unpaired) electrons. The molecule has 0 bridgehead atoms. The van der Waals surface area contributed by atoms with Crippen LogP contribution in [-0.2, 0) is 9.84 Å². The quantitative estimate of drug-likeness (QED) is 0.732. The highest BCUT2D eigenvalue weighted by molar-refractivity contribution is 7.91. The normalized spacial score (nSPS) is 13.0. The summed E-state index contributed by atoms with van der Waals surface area (Å²) in [6, 6.07) is 5.65. The molecule has 0 saturated carbocycles. The predicted molar refractivity (Wildman–Crippen MR) is 67.1 cm³/mol. The Morgan fingerprint density at radius 3 is 2.39 bits per heavy atom. The van der Waals surface area contributed by atoms with Crippen LogP contribution >= 0.6 is 0 Å². The van der Waals surface area contributed by atoms with E-state index in [0.717, 1.165) is 0 Å². The second-order valence-electron chi connectivity index (χ2n) is 3.77. The molecule has 1 rings (SSSR count). The smallest absolute Gasteiger partial charge is 0.404 e. The lowest BCUT2D eigenvalue weighted by atomic mass is 10.1. The number of rotatable bonds is 5. The SMILES string of the molecule is CCS(=O)(=O)c1ccc([C@@H](N)CNC(=O)O)cc1. The zero-order chi connectivity index (χ0) is 13.8. The Bertz CT molecular complexity index is 510. The maximum Gasteiger partial charge on any atom is 0.404 e. The molecule has 0 aliphatic heterocycles. The van der Waals surface area contributed by atoms with Gasteiger partial charge in [-0.25, -0.2) is 13.2 Å². The van der Waals surface area contributed by atoms with Gasteiger partial charge in [-0.05, 0) is 17.7 Å². The van der Waals surface area contributed by atoms with Crippen LogP contribution in [0.1, 0.15) is 18.5 Å². The largest absolute Gasteiger partial charge is 0.465 e. The number of benzene rings is 1. The lowest BCUT2D eigenvalue weighted by Crippen LogP contribution is -2.30. The summed E-state index contributed by atoms with van der Waals surface area (Å²) in [6.45, 7) is 1.65. The van der Waals surface area contributed by atoms with E-state index in [0.29, 0.717) is 5.56 Å². The van der Waals surface area contributed by atoms with Crippen LogP contribution in [0.25, 0.3) is 0 Å². The van der Waals surface area contributed by atoms with Crippen molar-refractivity contribution in [1.29, 1.82) is 0 Å². The maximum absolute atomic E-state index is 11.6. The standard InChI is InChI=1S/C11H16N2O4S/c1-2-18(16,17)9-5-3-8(4-6-9)10(12)7-13-11(14)15/h3-6,10,13H,2,7,12H2,1H3,(H,14,15)/t10-/m0/s1. The van der Waals surface area contributed by atoms with Gasteiger partial charge >= 0.3 is 6.09 Å². The molecular weight excluding hydrogens is 256 g/mol. The molecule has 1 atom stereocenters. The molecule has 4 N–H and O–H groups in total. The number of carboxylic acid groups (broad SMARTS) is 1. The third-order valence-electron chi connectivity index (χ3n) is 2.52. The van der Waals surface area contributed by atoms with Gasteiger partial charge in [-0.15, -0.1) is 0 Å². The summed E-state index contributed by atoms with van der Waals surface area (Å²) in [5.41, 5.74) is 6.44. The van der Waals surface area contributed by atoms with Crippen molar-refractivity contribution in [1.82, 2.24) is 5.32 Å². The van der Waals surface area contributed by atoms with E-state index in [4.69, 9.17) is 10.8 Å². The highest BCUT2D eigenvalue weighted by atomic mass is 32.2. The fourth-order valence-corrected chi connectivity index (χ4v) is 2.29. The summed E-state index contributed by atoms with van der Waals surface area (Å²) in [6.07, 6.45) is -1.14. The van der Waals surface area contributed by atoms with Gasteiger partial charge in [-0.3, -0.25) is 0 Å². The van der Waals surface area contributed by atoms with Crippen LogP contribution in [0.3, 0.4) is 0 Å². The van der Waals surface area contributed by atoms with Gasteiger partial charge in [0.05, 0.1) is 10.6 Å². The fourth-order valence-electron chi connectivity index (χ4n) is 1.40. The van der Waals surface area contributed by atoms with Crippen LogP contribution in [-0.4, -0.2) is 31.9 Å². The van der Waals surface area contributed by atoms with Crippen LogP contribution in [0.15, 0.2) is 29.2 Å². The van der Waals surface area contributed by atoms with Gasteiger partial charge < -0.3 is 16.2 Å². The van der Waals surface area contributed by atoms with Crippen LogP contribution in [0, 0.1) is 0 Å². The minimum absolute atomic E-state index is 0.0406. The number of nitrogens with two attached hydrogens (primary N) is 1. The van der Waals surface area contributed by atoms with Gasteiger partial charge in [0.1, 0.15) is 0 Å². The Morgan fingerprint density at radius 1 is 1.39 bits per heavy atom. The number of nitrogens with one attached hydrogen (secondary N) is 1. The average molecular weight is 272 g/mol. The molecule has 1 aromatic carbocycles. The maximum atomic E-state index is 11.6. The van der Waals surface area contributed by atoms with Gasteiger partial charge in [0.25, 0.3) is 0 Å². The summed E-state index contributed by atoms with van der Waals surface area (Å²) in [5.74, 6) is 0.0406. The molecule has 6 nitrogen and oxygen atoms in total. The Hall–Kier alpha value is -1.60. The Kier molecular flexibility index (Phi) is 4.69. The third kappa shape index (κ3) is 3.71. The van der Waals surface area contributed by atoms with Crippen LogP contribution < -0.4 is 11.1 Å². The van der Waals surface area contributed by atoms with Crippen molar-refractivity contribution in [3.8, 4) is 0 Å². The van der Waals surface area contributed by atoms with Gasteiger partial charge in [-0.1, -0.05) is 19.1 Å². The number of carbonyl (C=O) groups is 1. The molecule has 100 valence electrons. The van der Waals surface area contributed by atoms with Crippen molar-refractivity contribution >= 4 is 15.9 Å². The second kappa shape index (κ2) is 5.83. The van der Waals surface area contributed by atoms with E-state index in [1.165, 1.54) is 12.1 Å². The Balaban J connectivity index is 2.80. The van der Waals surface area contributed by atoms with E-state index in [2.05, 4.69) is 5.32 Å². The van der Waals surface area contributed by atoms with E-state index in [1.54, 1.807) is 19.1 Å². The zero-order valence-electron chi connectivity index (χ0n) is 9.96. The number of hydrogen-bond donors (Lipinski definition) is 3. The molecule has 0 aliphatic rings. The van der Waals surface area contributed by atoms with E-state index in [-0.39, 0.29) is 17.2 Å². The van der Waals surface area contributed by atoms with Gasteiger partial charge in [0.15, 0.2) is 9.84 Å². The molecule has 0 aromatic heterocycles. The number of hydrogen-bond acceptors (Lipinski definition) is 4. The minimum Gasteiger partial charge on any atom is -0.465 e. The summed E-state index contributed by atoms with van der Waals surface area (Å²) in [5, 5.41) is 10.6. The molecule has 0 saturated heterocycles. The molecule has 0 aliphatic carbocycles. The predicted octanol–water partition coefficient (Wildman–Crippen LogP) is 0.748. The molecule has 1 amide bonds. The van der Waals surface area contributed by atoms with Crippen molar-refractivity contribution in [3.05, 3.63) is 29.8 Å². The molecular formula is C11H16N2O4S. The van der Waals surface area contributed by atoms with E-state index in [9.17, 15) is 13.2 Å². The molecule has 0 heterocycles. The number of sulfone groups is 1. The molecule has 0 unspecified atom stereocenters. The topological polar surface area (TPSA) is 109 Å². The van der Waals surface area contributed by atoms with Gasteiger partial charge in [-0.2, -0.15) is 0 Å². The molecule has 1 aromatic rings. The van der Waals surface area contributed by atoms with Crippen molar-refractivity contribution in [2.75, 3.05) is 12.3 Å². The molecule has 7 heteroatoms.